The van der Waals surface area contributed by atoms with Crippen LogP contribution in [0.1, 0.15) is 38.3 Å². The van der Waals surface area contributed by atoms with E-state index in [9.17, 15) is 4.39 Å². The average Bonchev–Trinajstić information content (AvgIpc) is 2.90. The van der Waals surface area contributed by atoms with Crippen molar-refractivity contribution in [1.29, 1.82) is 0 Å². The Kier molecular flexibility index (Phi) is 4.61. The van der Waals surface area contributed by atoms with Crippen molar-refractivity contribution in [2.45, 2.75) is 45.2 Å². The van der Waals surface area contributed by atoms with Crippen LogP contribution in [0.3, 0.4) is 0 Å². The summed E-state index contributed by atoms with van der Waals surface area (Å²) in [6.07, 6.45) is 0.692. The zero-order valence-electron chi connectivity index (χ0n) is 14.3. The van der Waals surface area contributed by atoms with Gasteiger partial charge in [0.15, 0.2) is 5.79 Å². The first-order valence-corrected chi connectivity index (χ1v) is 8.24. The smallest absolute Gasteiger partial charge is 0.164 e. The van der Waals surface area contributed by atoms with E-state index in [0.717, 1.165) is 11.1 Å². The standard InChI is InChI=1S/C20H23FO3/c1-4-20(14-23-19(2,3)24-20)16-10-17(21)12-18(11-16)22-13-15-8-6-5-7-9-15/h5-12H,4,13-14H2,1-3H3. The molecule has 3 rings (SSSR count). The zero-order chi connectivity index (χ0) is 17.2. The molecule has 3 nitrogen and oxygen atoms in total. The fourth-order valence-corrected chi connectivity index (χ4v) is 2.99. The molecule has 1 unspecified atom stereocenters. The second kappa shape index (κ2) is 6.54. The maximum atomic E-state index is 14.1. The lowest BCUT2D eigenvalue weighted by atomic mass is 9.91. The van der Waals surface area contributed by atoms with Gasteiger partial charge in [-0.05, 0) is 43.5 Å². The molecule has 4 heteroatoms. The minimum Gasteiger partial charge on any atom is -0.489 e. The molecule has 0 aliphatic carbocycles. The molecule has 0 aromatic heterocycles. The first kappa shape index (κ1) is 16.9. The topological polar surface area (TPSA) is 27.7 Å². The third-order valence-electron chi connectivity index (χ3n) is 4.31. The van der Waals surface area contributed by atoms with E-state index in [1.54, 1.807) is 0 Å². The molecule has 1 saturated heterocycles. The molecule has 128 valence electrons. The Morgan fingerprint density at radius 2 is 1.88 bits per heavy atom. The molecule has 1 atom stereocenters. The highest BCUT2D eigenvalue weighted by atomic mass is 19.1. The van der Waals surface area contributed by atoms with E-state index in [0.29, 0.717) is 25.4 Å². The third kappa shape index (κ3) is 3.60. The number of halogens is 1. The second-order valence-corrected chi connectivity index (χ2v) is 6.59. The Morgan fingerprint density at radius 1 is 1.12 bits per heavy atom. The molecule has 0 radical (unpaired) electrons. The molecule has 24 heavy (non-hydrogen) atoms. The Labute approximate surface area is 142 Å². The summed E-state index contributed by atoms with van der Waals surface area (Å²) >= 11 is 0. The van der Waals surface area contributed by atoms with E-state index in [2.05, 4.69) is 0 Å². The number of benzene rings is 2. The molecule has 0 spiro atoms. The van der Waals surface area contributed by atoms with Crippen molar-refractivity contribution in [3.8, 4) is 5.75 Å². The van der Waals surface area contributed by atoms with Crippen LogP contribution in [-0.2, 0) is 21.7 Å². The number of rotatable bonds is 5. The summed E-state index contributed by atoms with van der Waals surface area (Å²) in [6, 6.07) is 14.6. The summed E-state index contributed by atoms with van der Waals surface area (Å²) in [7, 11) is 0. The highest BCUT2D eigenvalue weighted by Crippen LogP contribution is 2.42. The van der Waals surface area contributed by atoms with E-state index in [4.69, 9.17) is 14.2 Å². The quantitative estimate of drug-likeness (QED) is 0.788. The largest absolute Gasteiger partial charge is 0.489 e. The first-order chi connectivity index (χ1) is 11.4. The van der Waals surface area contributed by atoms with E-state index in [1.807, 2.05) is 57.2 Å². The van der Waals surface area contributed by atoms with Crippen LogP contribution in [0, 0.1) is 5.82 Å². The lowest BCUT2D eigenvalue weighted by molar-refractivity contribution is -0.164. The number of hydrogen-bond donors (Lipinski definition) is 0. The monoisotopic (exact) mass is 330 g/mol. The van der Waals surface area contributed by atoms with Crippen LogP contribution in [0.5, 0.6) is 5.75 Å². The summed E-state index contributed by atoms with van der Waals surface area (Å²) in [5.74, 6) is -0.514. The Balaban J connectivity index is 1.83. The van der Waals surface area contributed by atoms with Crippen molar-refractivity contribution in [3.05, 3.63) is 65.5 Å². The van der Waals surface area contributed by atoms with E-state index in [1.165, 1.54) is 12.1 Å². The molecule has 0 amide bonds. The van der Waals surface area contributed by atoms with Crippen LogP contribution in [0.2, 0.25) is 0 Å². The first-order valence-electron chi connectivity index (χ1n) is 8.24. The van der Waals surface area contributed by atoms with Gasteiger partial charge in [0.05, 0.1) is 6.61 Å². The maximum absolute atomic E-state index is 14.1. The van der Waals surface area contributed by atoms with E-state index >= 15 is 0 Å². The van der Waals surface area contributed by atoms with Crippen LogP contribution >= 0.6 is 0 Å². The van der Waals surface area contributed by atoms with Gasteiger partial charge in [-0.3, -0.25) is 0 Å². The summed E-state index contributed by atoms with van der Waals surface area (Å²) in [5.41, 5.74) is 1.14. The molecule has 1 fully saturated rings. The predicted molar refractivity (Wildman–Crippen MR) is 90.3 cm³/mol. The van der Waals surface area contributed by atoms with Gasteiger partial charge >= 0.3 is 0 Å². The molecular formula is C20H23FO3. The van der Waals surface area contributed by atoms with Crippen LogP contribution in [0.15, 0.2) is 48.5 Å². The van der Waals surface area contributed by atoms with Gasteiger partial charge in [-0.1, -0.05) is 37.3 Å². The van der Waals surface area contributed by atoms with Gasteiger partial charge in [0.1, 0.15) is 23.8 Å². The predicted octanol–water partition coefficient (Wildman–Crippen LogP) is 4.79. The normalized spacial score (nSPS) is 22.5. The molecule has 1 heterocycles. The molecule has 1 aliphatic rings. The van der Waals surface area contributed by atoms with Crippen LogP contribution < -0.4 is 4.74 Å². The van der Waals surface area contributed by atoms with Crippen molar-refractivity contribution in [2.24, 2.45) is 0 Å². The average molecular weight is 330 g/mol. The minimum absolute atomic E-state index is 0.336. The number of ether oxygens (including phenoxy) is 3. The van der Waals surface area contributed by atoms with Gasteiger partial charge in [0.2, 0.25) is 0 Å². The fourth-order valence-electron chi connectivity index (χ4n) is 2.99. The SMILES string of the molecule is CCC1(c2cc(F)cc(OCc3ccccc3)c2)COC(C)(C)O1. The zero-order valence-corrected chi connectivity index (χ0v) is 14.3. The van der Waals surface area contributed by atoms with Crippen molar-refractivity contribution in [2.75, 3.05) is 6.61 Å². The lowest BCUT2D eigenvalue weighted by Crippen LogP contribution is -2.31. The molecule has 2 aromatic carbocycles. The Bertz CT molecular complexity index is 699. The van der Waals surface area contributed by atoms with E-state index in [-0.39, 0.29) is 5.82 Å². The third-order valence-corrected chi connectivity index (χ3v) is 4.31. The van der Waals surface area contributed by atoms with Crippen LogP contribution in [0.25, 0.3) is 0 Å². The summed E-state index contributed by atoms with van der Waals surface area (Å²) in [5, 5.41) is 0. The number of hydrogen-bond acceptors (Lipinski definition) is 3. The second-order valence-electron chi connectivity index (χ2n) is 6.59. The van der Waals surface area contributed by atoms with Crippen molar-refractivity contribution >= 4 is 0 Å². The summed E-state index contributed by atoms with van der Waals surface area (Å²) in [6.45, 7) is 6.55. The van der Waals surface area contributed by atoms with Crippen molar-refractivity contribution < 1.29 is 18.6 Å². The summed E-state index contributed by atoms with van der Waals surface area (Å²) in [4.78, 5) is 0. The van der Waals surface area contributed by atoms with E-state index < -0.39 is 11.4 Å². The van der Waals surface area contributed by atoms with Gasteiger partial charge in [-0.15, -0.1) is 0 Å². The molecule has 0 saturated carbocycles. The van der Waals surface area contributed by atoms with Crippen molar-refractivity contribution in [3.63, 3.8) is 0 Å². The van der Waals surface area contributed by atoms with Gasteiger partial charge in [0, 0.05) is 6.07 Å². The van der Waals surface area contributed by atoms with Gasteiger partial charge in [0.25, 0.3) is 0 Å². The molecule has 2 aromatic rings. The summed E-state index contributed by atoms with van der Waals surface area (Å²) < 4.78 is 31.7. The Morgan fingerprint density at radius 3 is 2.50 bits per heavy atom. The fraction of sp³-hybridized carbons (Fsp3) is 0.400. The van der Waals surface area contributed by atoms with Crippen molar-refractivity contribution in [1.82, 2.24) is 0 Å². The van der Waals surface area contributed by atoms with Gasteiger partial charge in [-0.25, -0.2) is 4.39 Å². The van der Waals surface area contributed by atoms with Crippen LogP contribution in [0.4, 0.5) is 4.39 Å². The highest BCUT2D eigenvalue weighted by molar-refractivity contribution is 5.34. The van der Waals surface area contributed by atoms with Crippen LogP contribution in [-0.4, -0.2) is 12.4 Å². The molecular weight excluding hydrogens is 307 g/mol. The molecule has 0 bridgehead atoms. The molecule has 0 N–H and O–H groups in total. The Hall–Kier alpha value is -1.91. The minimum atomic E-state index is -0.673. The lowest BCUT2D eigenvalue weighted by Gasteiger charge is -2.29. The van der Waals surface area contributed by atoms with Gasteiger partial charge in [-0.2, -0.15) is 0 Å². The van der Waals surface area contributed by atoms with Gasteiger partial charge < -0.3 is 14.2 Å². The highest BCUT2D eigenvalue weighted by Gasteiger charge is 2.45. The molecule has 1 aliphatic heterocycles. The maximum Gasteiger partial charge on any atom is 0.164 e.